The molecular formula is C26H41ClN10O4. The van der Waals surface area contributed by atoms with Gasteiger partial charge in [-0.05, 0) is 66.0 Å². The number of ether oxygens (including phenoxy) is 2. The summed E-state index contributed by atoms with van der Waals surface area (Å²) in [4.78, 5) is 43.1. The van der Waals surface area contributed by atoms with Crippen molar-refractivity contribution < 1.29 is 19.1 Å². The molecule has 4 heterocycles. The van der Waals surface area contributed by atoms with Crippen LogP contribution in [0, 0.1) is 0 Å². The average Bonchev–Trinajstić information content (AvgIpc) is 3.51. The van der Waals surface area contributed by atoms with Gasteiger partial charge in [-0.25, -0.2) is 24.5 Å². The summed E-state index contributed by atoms with van der Waals surface area (Å²) in [5, 5.41) is 6.55. The van der Waals surface area contributed by atoms with Gasteiger partial charge in [0, 0.05) is 38.3 Å². The van der Waals surface area contributed by atoms with Crippen LogP contribution in [-0.4, -0.2) is 91.4 Å². The van der Waals surface area contributed by atoms with Gasteiger partial charge < -0.3 is 41.4 Å². The maximum Gasteiger partial charge on any atom is 0.410 e. The zero-order chi connectivity index (χ0) is 30.4. The molecule has 0 aliphatic carbocycles. The molecule has 0 spiro atoms. The topological polar surface area (TPSA) is 187 Å². The fraction of sp³-hybridized carbons (Fsp3) is 0.615. The number of hydrogen-bond acceptors (Lipinski definition) is 12. The van der Waals surface area contributed by atoms with Gasteiger partial charge in [0.2, 0.25) is 5.28 Å². The van der Waals surface area contributed by atoms with Crippen LogP contribution in [0.2, 0.25) is 5.28 Å². The Morgan fingerprint density at radius 3 is 1.83 bits per heavy atom. The highest BCUT2D eigenvalue weighted by molar-refractivity contribution is 6.28. The average molecular weight is 593 g/mol. The lowest BCUT2D eigenvalue weighted by Crippen LogP contribution is -2.36. The maximum absolute atomic E-state index is 12.0. The molecule has 226 valence electrons. The van der Waals surface area contributed by atoms with Gasteiger partial charge >= 0.3 is 12.2 Å². The fourth-order valence-corrected chi connectivity index (χ4v) is 4.21. The van der Waals surface area contributed by atoms with Crippen molar-refractivity contribution in [2.75, 3.05) is 48.3 Å². The van der Waals surface area contributed by atoms with Crippen LogP contribution >= 0.6 is 11.6 Å². The molecule has 41 heavy (non-hydrogen) atoms. The zero-order valence-electron chi connectivity index (χ0n) is 24.5. The number of nitrogens with one attached hydrogen (secondary N) is 2. The van der Waals surface area contributed by atoms with E-state index in [1.807, 2.05) is 41.5 Å². The van der Waals surface area contributed by atoms with E-state index in [2.05, 4.69) is 30.6 Å². The number of amides is 2. The Labute approximate surface area is 245 Å². The van der Waals surface area contributed by atoms with E-state index in [4.69, 9.17) is 32.5 Å². The monoisotopic (exact) mass is 592 g/mol. The number of aromatic nitrogens is 4. The number of carbonyl (C=O) groups excluding carboxylic acids is 2. The Kier molecular flexibility index (Phi) is 10.2. The first-order valence-corrected chi connectivity index (χ1v) is 13.8. The number of carbonyl (C=O) groups is 2. The fourth-order valence-electron chi connectivity index (χ4n) is 4.07. The standard InChI is InChI=1S/C13H20ClN5O2.C13H21N5O2/c1-13(2,3)21-12(20)19-5-4-8(7-19)17-10-9(15)6-16-11(14)18-10;1-13(2,3)20-12(19)18-5-4-9(7-18)17-11-10(14)6-15-8-16-11/h6,8H,4-5,7,15H2,1-3H3,(H,16,17,18);6,8-9H,4-5,7,14H2,1-3H3,(H,15,16,17). The Bertz CT molecular complexity index is 1200. The van der Waals surface area contributed by atoms with Gasteiger partial charge in [0.25, 0.3) is 0 Å². The van der Waals surface area contributed by atoms with E-state index in [0.717, 1.165) is 12.8 Å². The molecule has 0 saturated carbocycles. The molecule has 2 aliphatic rings. The molecule has 2 fully saturated rings. The summed E-state index contributed by atoms with van der Waals surface area (Å²) in [5.74, 6) is 1.10. The predicted molar refractivity (Wildman–Crippen MR) is 158 cm³/mol. The minimum absolute atomic E-state index is 0.0609. The highest BCUT2D eigenvalue weighted by atomic mass is 35.5. The number of nitrogens with zero attached hydrogens (tertiary/aromatic N) is 6. The molecule has 2 saturated heterocycles. The first-order valence-electron chi connectivity index (χ1n) is 13.4. The molecule has 0 aromatic carbocycles. The van der Waals surface area contributed by atoms with Gasteiger partial charge in [0.1, 0.15) is 17.5 Å². The number of rotatable bonds is 4. The first kappa shape index (κ1) is 31.7. The minimum Gasteiger partial charge on any atom is -0.444 e. The predicted octanol–water partition coefficient (Wildman–Crippen LogP) is 3.61. The summed E-state index contributed by atoms with van der Waals surface area (Å²) in [7, 11) is 0. The molecule has 0 bridgehead atoms. The van der Waals surface area contributed by atoms with Gasteiger partial charge in [0.05, 0.1) is 23.8 Å². The van der Waals surface area contributed by atoms with Crippen LogP contribution in [0.4, 0.5) is 32.6 Å². The number of nitrogens with two attached hydrogens (primary N) is 2. The molecular weight excluding hydrogens is 552 g/mol. The third-order valence-corrected chi connectivity index (χ3v) is 6.07. The lowest BCUT2D eigenvalue weighted by Gasteiger charge is -2.24. The molecule has 2 aliphatic heterocycles. The quantitative estimate of drug-likeness (QED) is 0.378. The zero-order valence-corrected chi connectivity index (χ0v) is 25.2. The van der Waals surface area contributed by atoms with Crippen molar-refractivity contribution in [3.05, 3.63) is 24.0 Å². The van der Waals surface area contributed by atoms with Crippen molar-refractivity contribution >= 4 is 46.8 Å². The summed E-state index contributed by atoms with van der Waals surface area (Å²) in [6.07, 6.45) is 5.49. The number of likely N-dealkylation sites (tertiary alicyclic amines) is 2. The van der Waals surface area contributed by atoms with Crippen LogP contribution in [0.3, 0.4) is 0 Å². The van der Waals surface area contributed by atoms with Crippen LogP contribution < -0.4 is 22.1 Å². The van der Waals surface area contributed by atoms with Gasteiger partial charge in [-0.2, -0.15) is 4.98 Å². The molecule has 6 N–H and O–H groups in total. The number of hydrogen-bond donors (Lipinski definition) is 4. The van der Waals surface area contributed by atoms with Crippen molar-refractivity contribution in [3.63, 3.8) is 0 Å². The van der Waals surface area contributed by atoms with E-state index in [0.29, 0.717) is 49.2 Å². The lowest BCUT2D eigenvalue weighted by atomic mass is 10.2. The lowest BCUT2D eigenvalue weighted by molar-refractivity contribution is 0.0283. The summed E-state index contributed by atoms with van der Waals surface area (Å²) in [6.45, 7) is 13.5. The second kappa shape index (κ2) is 13.2. The Morgan fingerprint density at radius 1 is 0.854 bits per heavy atom. The van der Waals surface area contributed by atoms with E-state index in [9.17, 15) is 9.59 Å². The van der Waals surface area contributed by atoms with Crippen LogP contribution in [0.25, 0.3) is 0 Å². The summed E-state index contributed by atoms with van der Waals surface area (Å²) in [5.41, 5.74) is 11.5. The van der Waals surface area contributed by atoms with E-state index in [1.54, 1.807) is 16.0 Å². The molecule has 2 amide bonds. The largest absolute Gasteiger partial charge is 0.444 e. The van der Waals surface area contributed by atoms with Gasteiger partial charge in [-0.3, -0.25) is 0 Å². The smallest absolute Gasteiger partial charge is 0.410 e. The summed E-state index contributed by atoms with van der Waals surface area (Å²) < 4.78 is 10.7. The Hall–Kier alpha value is -3.81. The number of halogens is 1. The molecule has 2 aromatic heterocycles. The third-order valence-electron chi connectivity index (χ3n) is 5.89. The highest BCUT2D eigenvalue weighted by Gasteiger charge is 2.31. The number of nitrogen functional groups attached to an aromatic ring is 2. The molecule has 14 nitrogen and oxygen atoms in total. The molecule has 15 heteroatoms. The van der Waals surface area contributed by atoms with Crippen LogP contribution in [0.5, 0.6) is 0 Å². The van der Waals surface area contributed by atoms with E-state index in [-0.39, 0.29) is 29.6 Å². The summed E-state index contributed by atoms with van der Waals surface area (Å²) >= 11 is 5.75. The molecule has 2 aromatic rings. The highest BCUT2D eigenvalue weighted by Crippen LogP contribution is 2.22. The van der Waals surface area contributed by atoms with E-state index in [1.165, 1.54) is 12.5 Å². The van der Waals surface area contributed by atoms with Gasteiger partial charge in [-0.1, -0.05) is 0 Å². The minimum atomic E-state index is -0.493. The molecule has 2 unspecified atom stereocenters. The molecule has 2 atom stereocenters. The molecule has 0 radical (unpaired) electrons. The second-order valence-corrected chi connectivity index (χ2v) is 12.2. The maximum atomic E-state index is 12.0. The third kappa shape index (κ3) is 10.3. The second-order valence-electron chi connectivity index (χ2n) is 11.9. The van der Waals surface area contributed by atoms with Crippen molar-refractivity contribution in [3.8, 4) is 0 Å². The van der Waals surface area contributed by atoms with Crippen LogP contribution in [0.15, 0.2) is 18.7 Å². The van der Waals surface area contributed by atoms with Crippen molar-refractivity contribution in [2.24, 2.45) is 0 Å². The van der Waals surface area contributed by atoms with Gasteiger partial charge in [0.15, 0.2) is 11.6 Å². The first-order chi connectivity index (χ1) is 19.1. The normalized spacial score (nSPS) is 18.8. The Balaban J connectivity index is 0.000000226. The van der Waals surface area contributed by atoms with Crippen molar-refractivity contribution in [1.82, 2.24) is 29.7 Å². The van der Waals surface area contributed by atoms with E-state index >= 15 is 0 Å². The van der Waals surface area contributed by atoms with Crippen LogP contribution in [-0.2, 0) is 9.47 Å². The molecule has 4 rings (SSSR count). The van der Waals surface area contributed by atoms with Crippen molar-refractivity contribution in [2.45, 2.75) is 77.7 Å². The van der Waals surface area contributed by atoms with Crippen LogP contribution in [0.1, 0.15) is 54.4 Å². The Morgan fingerprint density at radius 2 is 1.34 bits per heavy atom. The summed E-state index contributed by atoms with van der Waals surface area (Å²) in [6, 6.07) is 0.186. The van der Waals surface area contributed by atoms with Crippen molar-refractivity contribution in [1.29, 1.82) is 0 Å². The van der Waals surface area contributed by atoms with E-state index < -0.39 is 11.2 Å². The SMILES string of the molecule is CC(C)(C)OC(=O)N1CCC(Nc2nc(Cl)ncc2N)C1.CC(C)(C)OC(=O)N1CCC(Nc2ncncc2N)C1. The van der Waals surface area contributed by atoms with Gasteiger partial charge in [-0.15, -0.1) is 0 Å². The number of anilines is 4.